The maximum Gasteiger partial charge on any atom is 0.376 e. The fourth-order valence-electron chi connectivity index (χ4n) is 3.68. The monoisotopic (exact) mass is 412 g/mol. The molecular weight excluding hydrogens is 388 g/mol. The van der Waals surface area contributed by atoms with Crippen LogP contribution in [-0.2, 0) is 19.1 Å². The molecule has 2 atom stereocenters. The summed E-state index contributed by atoms with van der Waals surface area (Å²) in [5, 5.41) is 10.3. The van der Waals surface area contributed by atoms with E-state index in [4.69, 9.17) is 15.9 Å². The van der Waals surface area contributed by atoms with Crippen molar-refractivity contribution >= 4 is 29.4 Å². The molecule has 30 heavy (non-hydrogen) atoms. The molecule has 158 valence electrons. The Hall–Kier alpha value is -3.45. The molecule has 0 aliphatic carbocycles. The third-order valence-corrected chi connectivity index (χ3v) is 5.37. The fraction of sp³-hybridized carbons (Fsp3) is 0.429. The van der Waals surface area contributed by atoms with Crippen LogP contribution in [0.3, 0.4) is 0 Å². The molecule has 4 N–H and O–H groups in total. The van der Waals surface area contributed by atoms with Gasteiger partial charge < -0.3 is 20.7 Å². The number of piperidine rings is 2. The van der Waals surface area contributed by atoms with Crippen molar-refractivity contribution in [3.63, 3.8) is 0 Å². The Balaban J connectivity index is 1.68. The molecule has 2 saturated heterocycles. The Labute approximate surface area is 173 Å². The summed E-state index contributed by atoms with van der Waals surface area (Å²) in [7, 11) is 0. The number of amides is 1. The summed E-state index contributed by atoms with van der Waals surface area (Å²) >= 11 is 0. The molecule has 0 saturated carbocycles. The van der Waals surface area contributed by atoms with Crippen molar-refractivity contribution in [2.24, 2.45) is 11.7 Å². The number of hydrogen-bond donors (Lipinski definition) is 3. The smallest absolute Gasteiger partial charge is 0.376 e. The highest BCUT2D eigenvalue weighted by Gasteiger charge is 2.35. The van der Waals surface area contributed by atoms with Crippen molar-refractivity contribution < 1.29 is 23.9 Å². The zero-order chi connectivity index (χ0) is 21.7. The molecule has 2 aliphatic heterocycles. The Morgan fingerprint density at radius 2 is 1.83 bits per heavy atom. The zero-order valence-electron chi connectivity index (χ0n) is 16.5. The number of nitrogens with two attached hydrogens (primary N) is 1. The highest BCUT2D eigenvalue weighted by atomic mass is 16.6. The predicted octanol–water partition coefficient (Wildman–Crippen LogP) is 0.750. The number of ether oxygens (including phenoxy) is 1. The van der Waals surface area contributed by atoms with Gasteiger partial charge in [0.05, 0.1) is 5.70 Å². The van der Waals surface area contributed by atoms with E-state index < -0.39 is 23.9 Å². The summed E-state index contributed by atoms with van der Waals surface area (Å²) in [5.74, 6) is -0.967. The van der Waals surface area contributed by atoms with Crippen molar-refractivity contribution in [3.05, 3.63) is 41.1 Å². The van der Waals surface area contributed by atoms with Crippen molar-refractivity contribution in [1.29, 1.82) is 5.41 Å². The average molecular weight is 412 g/mol. The van der Waals surface area contributed by atoms with E-state index in [1.54, 1.807) is 30.2 Å². The van der Waals surface area contributed by atoms with E-state index in [9.17, 15) is 19.2 Å². The molecule has 2 aliphatic rings. The number of nitrogens with zero attached hydrogens (tertiary/aromatic N) is 1. The molecule has 1 aromatic carbocycles. The first kappa shape index (κ1) is 21.3. The quantitative estimate of drug-likeness (QED) is 0.213. The first-order chi connectivity index (χ1) is 14.4. The summed E-state index contributed by atoms with van der Waals surface area (Å²) in [6, 6.07) is 6.30. The Kier molecular flexibility index (Phi) is 6.64. The standard InChI is InChI=1S/C21H24N4O5/c22-19(23)13-4-6-14(7-5-13)20(28)25-10-2-1-3-17(25)30-21(29)18(27)15-8-9-24-16(11-15)12-26/h4-7,15,17,24H,1-3,8-11H2,(H3,22,23). The molecule has 0 bridgehead atoms. The maximum absolute atomic E-state index is 12.9. The lowest BCUT2D eigenvalue weighted by atomic mass is 9.92. The number of amidine groups is 1. The first-order valence-electron chi connectivity index (χ1n) is 9.88. The average Bonchev–Trinajstić information content (AvgIpc) is 2.78. The van der Waals surface area contributed by atoms with Crippen LogP contribution < -0.4 is 11.1 Å². The topological polar surface area (TPSA) is 143 Å². The van der Waals surface area contributed by atoms with Crippen molar-refractivity contribution in [3.8, 4) is 0 Å². The molecule has 0 spiro atoms. The summed E-state index contributed by atoms with van der Waals surface area (Å²) < 4.78 is 5.43. The minimum Gasteiger partial charge on any atom is -0.436 e. The lowest BCUT2D eigenvalue weighted by Crippen LogP contribution is -2.47. The number of allylic oxidation sites excluding steroid dienone is 1. The molecule has 3 rings (SSSR count). The molecule has 9 heteroatoms. The number of nitrogen functional groups attached to an aromatic ring is 1. The van der Waals surface area contributed by atoms with E-state index in [2.05, 4.69) is 5.32 Å². The van der Waals surface area contributed by atoms with Gasteiger partial charge in [0.2, 0.25) is 5.78 Å². The summed E-state index contributed by atoms with van der Waals surface area (Å²) in [4.78, 5) is 50.2. The van der Waals surface area contributed by atoms with Crippen LogP contribution >= 0.6 is 0 Å². The van der Waals surface area contributed by atoms with Crippen molar-refractivity contribution in [2.75, 3.05) is 13.1 Å². The van der Waals surface area contributed by atoms with Gasteiger partial charge in [-0.05, 0) is 31.4 Å². The minimum absolute atomic E-state index is 0.0946. The molecule has 1 aromatic rings. The number of nitrogens with one attached hydrogen (secondary N) is 2. The van der Waals surface area contributed by atoms with Gasteiger partial charge in [-0.2, -0.15) is 0 Å². The second kappa shape index (κ2) is 9.37. The van der Waals surface area contributed by atoms with Crippen LogP contribution in [0.2, 0.25) is 0 Å². The second-order valence-electron chi connectivity index (χ2n) is 7.41. The van der Waals surface area contributed by atoms with Crippen molar-refractivity contribution in [1.82, 2.24) is 10.2 Å². The van der Waals surface area contributed by atoms with Crippen LogP contribution in [-0.4, -0.2) is 53.7 Å². The first-order valence-corrected chi connectivity index (χ1v) is 9.88. The Morgan fingerprint density at radius 1 is 1.13 bits per heavy atom. The Morgan fingerprint density at radius 3 is 2.50 bits per heavy atom. The number of rotatable bonds is 5. The zero-order valence-corrected chi connectivity index (χ0v) is 16.5. The van der Waals surface area contributed by atoms with Crippen LogP contribution in [0.15, 0.2) is 30.0 Å². The van der Waals surface area contributed by atoms with Crippen LogP contribution in [0, 0.1) is 11.3 Å². The van der Waals surface area contributed by atoms with Crippen LogP contribution in [0.1, 0.15) is 48.0 Å². The fourth-order valence-corrected chi connectivity index (χ4v) is 3.68. The van der Waals surface area contributed by atoms with E-state index in [1.165, 1.54) is 4.90 Å². The van der Waals surface area contributed by atoms with Gasteiger partial charge in [-0.15, -0.1) is 0 Å². The van der Waals surface area contributed by atoms with Crippen LogP contribution in [0.5, 0.6) is 0 Å². The molecule has 1 amide bonds. The number of benzene rings is 1. The van der Waals surface area contributed by atoms with Gasteiger partial charge in [0, 0.05) is 43.0 Å². The van der Waals surface area contributed by atoms with Crippen LogP contribution in [0.25, 0.3) is 0 Å². The number of carbonyl (C=O) groups excluding carboxylic acids is 4. The molecular formula is C21H24N4O5. The van der Waals surface area contributed by atoms with Gasteiger partial charge in [0.15, 0.2) is 6.23 Å². The van der Waals surface area contributed by atoms with Crippen molar-refractivity contribution in [2.45, 2.75) is 38.3 Å². The molecule has 0 radical (unpaired) electrons. The van der Waals surface area contributed by atoms with E-state index in [-0.39, 0.29) is 23.9 Å². The normalized spacial score (nSPS) is 21.2. The molecule has 2 unspecified atom stereocenters. The second-order valence-corrected chi connectivity index (χ2v) is 7.41. The number of esters is 1. The van der Waals surface area contributed by atoms with E-state index in [1.807, 2.05) is 0 Å². The van der Waals surface area contributed by atoms with E-state index in [0.29, 0.717) is 37.1 Å². The third-order valence-electron chi connectivity index (χ3n) is 5.37. The van der Waals surface area contributed by atoms with Crippen LogP contribution in [0.4, 0.5) is 0 Å². The molecule has 2 heterocycles. The number of carbonyl (C=O) groups is 3. The van der Waals surface area contributed by atoms with E-state index in [0.717, 1.165) is 12.8 Å². The number of likely N-dealkylation sites (tertiary alicyclic amines) is 1. The maximum atomic E-state index is 12.9. The highest BCUT2D eigenvalue weighted by molar-refractivity contribution is 6.34. The van der Waals surface area contributed by atoms with Gasteiger partial charge in [0.25, 0.3) is 5.91 Å². The van der Waals surface area contributed by atoms with Gasteiger partial charge >= 0.3 is 5.97 Å². The summed E-state index contributed by atoms with van der Waals surface area (Å²) in [6.07, 6.45) is 1.72. The SMILES string of the molecule is N=C(N)c1ccc(C(=O)N2CCCCC2OC(=O)C(=O)C2CCNC(=C=O)C2)cc1. The van der Waals surface area contributed by atoms with Gasteiger partial charge in [-0.1, -0.05) is 12.1 Å². The molecule has 9 nitrogen and oxygen atoms in total. The molecule has 2 fully saturated rings. The van der Waals surface area contributed by atoms with E-state index >= 15 is 0 Å². The Bertz CT molecular complexity index is 904. The van der Waals surface area contributed by atoms with Gasteiger partial charge in [0.1, 0.15) is 11.8 Å². The predicted molar refractivity (Wildman–Crippen MR) is 107 cm³/mol. The molecule has 0 aromatic heterocycles. The number of ketones is 1. The summed E-state index contributed by atoms with van der Waals surface area (Å²) in [5.41, 5.74) is 6.60. The number of Topliss-reactive ketones (excluding diaryl/α,β-unsaturated/α-hetero) is 1. The summed E-state index contributed by atoms with van der Waals surface area (Å²) in [6.45, 7) is 0.823. The van der Waals surface area contributed by atoms with Gasteiger partial charge in [-0.25, -0.2) is 9.59 Å². The lowest BCUT2D eigenvalue weighted by molar-refractivity contribution is -0.167. The minimum atomic E-state index is -0.983. The highest BCUT2D eigenvalue weighted by Crippen LogP contribution is 2.23. The third kappa shape index (κ3) is 4.75. The number of hydrogen-bond acceptors (Lipinski definition) is 7. The lowest BCUT2D eigenvalue weighted by Gasteiger charge is -2.35. The van der Waals surface area contributed by atoms with Gasteiger partial charge in [-0.3, -0.25) is 15.0 Å². The largest absolute Gasteiger partial charge is 0.436 e.